The minimum absolute atomic E-state index is 0.144. The van der Waals surface area contributed by atoms with E-state index in [4.69, 9.17) is 5.73 Å². The molecule has 0 aliphatic carbocycles. The van der Waals surface area contributed by atoms with Gasteiger partial charge >= 0.3 is 0 Å². The normalized spacial score (nSPS) is 11.1. The number of hydrogen-bond acceptors (Lipinski definition) is 5. The van der Waals surface area contributed by atoms with Crippen molar-refractivity contribution in [1.82, 2.24) is 4.98 Å². The average Bonchev–Trinajstić information content (AvgIpc) is 2.37. The van der Waals surface area contributed by atoms with Crippen molar-refractivity contribution in [2.45, 2.75) is 4.90 Å². The van der Waals surface area contributed by atoms with Crippen LogP contribution in [-0.2, 0) is 10.0 Å². The fourth-order valence-electron chi connectivity index (χ4n) is 1.54. The zero-order valence-electron chi connectivity index (χ0n) is 10.6. The number of nitrogen functional groups attached to an aromatic ring is 1. The Bertz CT molecular complexity index is 717. The molecule has 6 nitrogen and oxygen atoms in total. The number of benzene rings is 1. The third-order valence-electron chi connectivity index (χ3n) is 2.49. The molecule has 1 heterocycles. The molecule has 0 spiro atoms. The van der Waals surface area contributed by atoms with Gasteiger partial charge in [-0.05, 0) is 46.3 Å². The summed E-state index contributed by atoms with van der Waals surface area (Å²) in [4.78, 5) is 4.26. The van der Waals surface area contributed by atoms with Crippen LogP contribution < -0.4 is 15.8 Å². The Hall–Kier alpha value is -1.80. The van der Waals surface area contributed by atoms with Gasteiger partial charge in [0.05, 0.1) is 10.6 Å². The molecule has 0 atom stereocenters. The predicted molar refractivity (Wildman–Crippen MR) is 83.1 cm³/mol. The molecule has 4 N–H and O–H groups in total. The van der Waals surface area contributed by atoms with Crippen LogP contribution >= 0.6 is 15.9 Å². The molecule has 0 saturated heterocycles. The zero-order valence-corrected chi connectivity index (χ0v) is 13.0. The van der Waals surface area contributed by atoms with Gasteiger partial charge < -0.3 is 11.1 Å². The van der Waals surface area contributed by atoms with Crippen molar-refractivity contribution in [3.63, 3.8) is 0 Å². The third-order valence-corrected chi connectivity index (χ3v) is 4.30. The van der Waals surface area contributed by atoms with E-state index in [0.29, 0.717) is 21.8 Å². The molecule has 0 unspecified atom stereocenters. The maximum Gasteiger partial charge on any atom is 0.261 e. The largest absolute Gasteiger partial charge is 0.399 e. The second-order valence-corrected chi connectivity index (χ2v) is 6.48. The molecule has 8 heteroatoms. The lowest BCUT2D eigenvalue weighted by atomic mass is 10.3. The second kappa shape index (κ2) is 5.68. The van der Waals surface area contributed by atoms with E-state index in [1.807, 2.05) is 0 Å². The van der Waals surface area contributed by atoms with Crippen LogP contribution in [0, 0.1) is 0 Å². The van der Waals surface area contributed by atoms with Gasteiger partial charge in [0.1, 0.15) is 10.4 Å². The van der Waals surface area contributed by atoms with Crippen LogP contribution in [0.5, 0.6) is 0 Å². The highest BCUT2D eigenvalue weighted by Gasteiger charge is 2.14. The third kappa shape index (κ3) is 3.40. The minimum atomic E-state index is -3.65. The molecule has 1 aromatic carbocycles. The molecule has 0 amide bonds. The van der Waals surface area contributed by atoms with E-state index >= 15 is 0 Å². The summed E-state index contributed by atoms with van der Waals surface area (Å²) >= 11 is 3.22. The Labute approximate surface area is 125 Å². The van der Waals surface area contributed by atoms with Gasteiger partial charge in [0.25, 0.3) is 10.0 Å². The zero-order chi connectivity index (χ0) is 14.8. The van der Waals surface area contributed by atoms with Crippen LogP contribution in [0.15, 0.2) is 45.9 Å². The summed E-state index contributed by atoms with van der Waals surface area (Å²) < 4.78 is 27.4. The molecule has 0 aliphatic heterocycles. The number of rotatable bonds is 4. The fourth-order valence-corrected chi connectivity index (χ4v) is 3.02. The first-order valence-corrected chi connectivity index (χ1v) is 7.92. The van der Waals surface area contributed by atoms with Gasteiger partial charge in [-0.25, -0.2) is 13.4 Å². The van der Waals surface area contributed by atoms with Gasteiger partial charge in [-0.3, -0.25) is 4.72 Å². The Kier molecular flexibility index (Phi) is 4.15. The van der Waals surface area contributed by atoms with Crippen molar-refractivity contribution in [2.75, 3.05) is 22.8 Å². The number of anilines is 3. The highest BCUT2D eigenvalue weighted by molar-refractivity contribution is 9.10. The molecule has 1 aromatic heterocycles. The summed E-state index contributed by atoms with van der Waals surface area (Å²) in [5.41, 5.74) is 6.46. The van der Waals surface area contributed by atoms with Crippen LogP contribution in [0.3, 0.4) is 0 Å². The number of pyridine rings is 1. The molecule has 0 aliphatic rings. The van der Waals surface area contributed by atoms with E-state index in [-0.39, 0.29) is 4.90 Å². The van der Waals surface area contributed by atoms with Gasteiger partial charge in [0, 0.05) is 18.8 Å². The number of aromatic nitrogens is 1. The van der Waals surface area contributed by atoms with Crippen molar-refractivity contribution in [3.8, 4) is 0 Å². The monoisotopic (exact) mass is 356 g/mol. The lowest BCUT2D eigenvalue weighted by molar-refractivity contribution is 0.601. The van der Waals surface area contributed by atoms with Gasteiger partial charge in [-0.1, -0.05) is 0 Å². The molecular weight excluding hydrogens is 344 g/mol. The van der Waals surface area contributed by atoms with E-state index < -0.39 is 10.0 Å². The van der Waals surface area contributed by atoms with Crippen molar-refractivity contribution >= 4 is 43.1 Å². The maximum absolute atomic E-state index is 12.2. The summed E-state index contributed by atoms with van der Waals surface area (Å²) in [6.07, 6.45) is 0. The second-order valence-electron chi connectivity index (χ2n) is 3.99. The van der Waals surface area contributed by atoms with Crippen molar-refractivity contribution in [3.05, 3.63) is 41.0 Å². The van der Waals surface area contributed by atoms with Crippen LogP contribution in [0.1, 0.15) is 0 Å². The molecule has 0 bridgehead atoms. The number of halogens is 1. The van der Waals surface area contributed by atoms with Crippen LogP contribution in [0.25, 0.3) is 0 Å². The van der Waals surface area contributed by atoms with E-state index in [1.54, 1.807) is 19.2 Å². The predicted octanol–water partition coefficient (Wildman–Crippen LogP) is 2.27. The smallest absolute Gasteiger partial charge is 0.261 e. The quantitative estimate of drug-likeness (QED) is 0.576. The van der Waals surface area contributed by atoms with Gasteiger partial charge in [0.2, 0.25) is 0 Å². The van der Waals surface area contributed by atoms with E-state index in [0.717, 1.165) is 0 Å². The molecular formula is C12H13BrN4O2S. The fraction of sp³-hybridized carbons (Fsp3) is 0.0833. The minimum Gasteiger partial charge on any atom is -0.399 e. The standard InChI is InChI=1S/C12H13BrN4O2S/c1-15-12-7-9(6-11(13)16-12)17-20(18,19)10-4-2-8(14)3-5-10/h2-7H,14H2,1H3,(H2,15,16,17). The number of nitrogens with two attached hydrogens (primary N) is 1. The van der Waals surface area contributed by atoms with E-state index in [1.165, 1.54) is 24.3 Å². The molecule has 106 valence electrons. The van der Waals surface area contributed by atoms with Crippen molar-refractivity contribution < 1.29 is 8.42 Å². The molecule has 0 saturated carbocycles. The Morgan fingerprint density at radius 1 is 1.20 bits per heavy atom. The number of hydrogen-bond donors (Lipinski definition) is 3. The highest BCUT2D eigenvalue weighted by Crippen LogP contribution is 2.22. The van der Waals surface area contributed by atoms with Gasteiger partial charge in [-0.2, -0.15) is 0 Å². The number of nitrogens with one attached hydrogen (secondary N) is 2. The lowest BCUT2D eigenvalue weighted by Crippen LogP contribution is -2.13. The van der Waals surface area contributed by atoms with Gasteiger partial charge in [-0.15, -0.1) is 0 Å². The molecule has 2 rings (SSSR count). The Morgan fingerprint density at radius 2 is 1.85 bits per heavy atom. The lowest BCUT2D eigenvalue weighted by Gasteiger charge is -2.10. The number of sulfonamides is 1. The molecule has 20 heavy (non-hydrogen) atoms. The van der Waals surface area contributed by atoms with Crippen LogP contribution in [-0.4, -0.2) is 20.4 Å². The summed E-state index contributed by atoms with van der Waals surface area (Å²) in [5.74, 6) is 0.550. The first kappa shape index (κ1) is 14.6. The van der Waals surface area contributed by atoms with Crippen LogP contribution in [0.2, 0.25) is 0 Å². The first-order chi connectivity index (χ1) is 9.40. The van der Waals surface area contributed by atoms with E-state index in [2.05, 4.69) is 31.0 Å². The van der Waals surface area contributed by atoms with E-state index in [9.17, 15) is 8.42 Å². The SMILES string of the molecule is CNc1cc(NS(=O)(=O)c2ccc(N)cc2)cc(Br)n1. The number of nitrogens with zero attached hydrogens (tertiary/aromatic N) is 1. The maximum atomic E-state index is 12.2. The summed E-state index contributed by atoms with van der Waals surface area (Å²) in [6, 6.07) is 9.15. The van der Waals surface area contributed by atoms with Crippen molar-refractivity contribution in [2.24, 2.45) is 0 Å². The Morgan fingerprint density at radius 3 is 2.45 bits per heavy atom. The van der Waals surface area contributed by atoms with Gasteiger partial charge in [0.15, 0.2) is 0 Å². The summed E-state index contributed by atoms with van der Waals surface area (Å²) in [5, 5.41) is 2.85. The molecule has 2 aromatic rings. The average molecular weight is 357 g/mol. The topological polar surface area (TPSA) is 97.1 Å². The highest BCUT2D eigenvalue weighted by atomic mass is 79.9. The summed E-state index contributed by atoms with van der Waals surface area (Å²) in [7, 11) is -1.95. The van der Waals surface area contributed by atoms with Crippen molar-refractivity contribution in [1.29, 1.82) is 0 Å². The Balaban J connectivity index is 2.33. The van der Waals surface area contributed by atoms with Crippen LogP contribution in [0.4, 0.5) is 17.2 Å². The molecule has 0 fully saturated rings. The molecule has 0 radical (unpaired) electrons. The first-order valence-electron chi connectivity index (χ1n) is 5.64. The summed E-state index contributed by atoms with van der Waals surface area (Å²) in [6.45, 7) is 0.